The van der Waals surface area contributed by atoms with E-state index in [0.29, 0.717) is 0 Å². The fourth-order valence-corrected chi connectivity index (χ4v) is 1.08. The van der Waals surface area contributed by atoms with Crippen molar-refractivity contribution >= 4 is 5.69 Å². The maximum absolute atomic E-state index is 10.7. The number of nitrogens with two attached hydrogens (primary N) is 1. The Morgan fingerprint density at radius 3 is 2.93 bits per heavy atom. The van der Waals surface area contributed by atoms with Crippen molar-refractivity contribution < 1.29 is 4.92 Å². The van der Waals surface area contributed by atoms with Crippen LogP contribution in [0.25, 0.3) is 0 Å². The lowest BCUT2D eigenvalue weighted by atomic mass is 10.1. The monoisotopic (exact) mass is 193 g/mol. The van der Waals surface area contributed by atoms with E-state index in [1.165, 1.54) is 12.1 Å². The van der Waals surface area contributed by atoms with Crippen LogP contribution in [0.15, 0.2) is 24.9 Å². The van der Waals surface area contributed by atoms with E-state index < -0.39 is 11.0 Å². The molecule has 0 fully saturated rings. The summed E-state index contributed by atoms with van der Waals surface area (Å²) in [4.78, 5) is 14.1. The van der Waals surface area contributed by atoms with Gasteiger partial charge in [0, 0.05) is 12.3 Å². The Balaban J connectivity index is 3.28. The molecule has 5 nitrogen and oxygen atoms in total. The third-order valence-corrected chi connectivity index (χ3v) is 1.80. The molecular weight excluding hydrogens is 182 g/mol. The largest absolute Gasteiger partial charge is 0.319 e. The van der Waals surface area contributed by atoms with E-state index in [1.54, 1.807) is 13.1 Å². The van der Waals surface area contributed by atoms with Crippen LogP contribution in [-0.4, -0.2) is 9.91 Å². The molecule has 1 rings (SSSR count). The number of pyridine rings is 1. The first-order valence-corrected chi connectivity index (χ1v) is 4.05. The van der Waals surface area contributed by atoms with Gasteiger partial charge in [0.2, 0.25) is 0 Å². The fourth-order valence-electron chi connectivity index (χ4n) is 1.08. The van der Waals surface area contributed by atoms with Gasteiger partial charge in [-0.05, 0) is 12.5 Å². The second-order valence-electron chi connectivity index (χ2n) is 2.94. The van der Waals surface area contributed by atoms with Gasteiger partial charge in [-0.25, -0.2) is 0 Å². The van der Waals surface area contributed by atoms with Crippen molar-refractivity contribution in [2.24, 2.45) is 5.73 Å². The number of aromatic nitrogens is 1. The lowest BCUT2D eigenvalue weighted by Crippen LogP contribution is -2.11. The van der Waals surface area contributed by atoms with E-state index in [9.17, 15) is 10.1 Å². The number of rotatable bonds is 3. The SMILES string of the molecule is C=C[C@H](N)c1ncc(C)cc1[N+](=O)[O-]. The Bertz CT molecular complexity index is 376. The molecule has 0 saturated carbocycles. The molecule has 0 spiro atoms. The smallest absolute Gasteiger partial charge is 0.292 e. The Hall–Kier alpha value is -1.75. The maximum Gasteiger partial charge on any atom is 0.292 e. The van der Waals surface area contributed by atoms with Crippen LogP contribution < -0.4 is 5.73 Å². The van der Waals surface area contributed by atoms with E-state index in [2.05, 4.69) is 11.6 Å². The van der Waals surface area contributed by atoms with Crippen molar-refractivity contribution in [3.63, 3.8) is 0 Å². The summed E-state index contributed by atoms with van der Waals surface area (Å²) in [6.07, 6.45) is 2.97. The number of hydrogen-bond donors (Lipinski definition) is 1. The quantitative estimate of drug-likeness (QED) is 0.448. The second-order valence-corrected chi connectivity index (χ2v) is 2.94. The number of nitro groups is 1. The van der Waals surface area contributed by atoms with Gasteiger partial charge in [-0.1, -0.05) is 6.08 Å². The highest BCUT2D eigenvalue weighted by Crippen LogP contribution is 2.22. The van der Waals surface area contributed by atoms with Crippen LogP contribution in [-0.2, 0) is 0 Å². The number of hydrogen-bond acceptors (Lipinski definition) is 4. The van der Waals surface area contributed by atoms with Gasteiger partial charge >= 0.3 is 0 Å². The zero-order valence-corrected chi connectivity index (χ0v) is 7.80. The molecule has 0 aliphatic rings. The molecule has 1 aromatic rings. The fraction of sp³-hybridized carbons (Fsp3) is 0.222. The molecule has 74 valence electrons. The molecule has 14 heavy (non-hydrogen) atoms. The summed E-state index contributed by atoms with van der Waals surface area (Å²) in [6, 6.07) is 0.849. The summed E-state index contributed by atoms with van der Waals surface area (Å²) >= 11 is 0. The molecule has 0 radical (unpaired) electrons. The topological polar surface area (TPSA) is 82.0 Å². The molecule has 0 saturated heterocycles. The van der Waals surface area contributed by atoms with Crippen LogP contribution in [0.3, 0.4) is 0 Å². The zero-order valence-electron chi connectivity index (χ0n) is 7.80. The lowest BCUT2D eigenvalue weighted by Gasteiger charge is -2.06. The molecular formula is C9H11N3O2. The molecule has 0 aliphatic carbocycles. The minimum Gasteiger partial charge on any atom is -0.319 e. The van der Waals surface area contributed by atoms with Crippen LogP contribution in [0.4, 0.5) is 5.69 Å². The van der Waals surface area contributed by atoms with E-state index in [1.807, 2.05) is 0 Å². The second kappa shape index (κ2) is 3.97. The number of nitrogens with zero attached hydrogens (tertiary/aromatic N) is 2. The molecule has 0 aliphatic heterocycles. The highest BCUT2D eigenvalue weighted by molar-refractivity contribution is 5.40. The minimum atomic E-state index is -0.601. The van der Waals surface area contributed by atoms with Crippen molar-refractivity contribution in [2.45, 2.75) is 13.0 Å². The van der Waals surface area contributed by atoms with Gasteiger partial charge in [-0.2, -0.15) is 0 Å². The first-order chi connectivity index (χ1) is 6.56. The van der Waals surface area contributed by atoms with Crippen molar-refractivity contribution in [3.8, 4) is 0 Å². The van der Waals surface area contributed by atoms with Crippen LogP contribution in [0.1, 0.15) is 17.3 Å². The van der Waals surface area contributed by atoms with Crippen LogP contribution in [0.5, 0.6) is 0 Å². The predicted molar refractivity (Wildman–Crippen MR) is 52.8 cm³/mol. The normalized spacial score (nSPS) is 12.1. The summed E-state index contributed by atoms with van der Waals surface area (Å²) in [6.45, 7) is 5.21. The van der Waals surface area contributed by atoms with Crippen molar-refractivity contribution in [2.75, 3.05) is 0 Å². The summed E-state index contributed by atoms with van der Waals surface area (Å²) in [5, 5.41) is 10.7. The van der Waals surface area contributed by atoms with Crippen molar-refractivity contribution in [3.05, 3.63) is 46.3 Å². The average Bonchev–Trinajstić information content (AvgIpc) is 2.16. The van der Waals surface area contributed by atoms with E-state index >= 15 is 0 Å². The summed E-state index contributed by atoms with van der Waals surface area (Å²) in [5.74, 6) is 0. The molecule has 0 bridgehead atoms. The molecule has 5 heteroatoms. The molecule has 0 unspecified atom stereocenters. The molecule has 1 atom stereocenters. The Morgan fingerprint density at radius 1 is 1.79 bits per heavy atom. The molecule has 2 N–H and O–H groups in total. The zero-order chi connectivity index (χ0) is 10.7. The van der Waals surface area contributed by atoms with Gasteiger partial charge in [0.25, 0.3) is 5.69 Å². The summed E-state index contributed by atoms with van der Waals surface area (Å²) in [7, 11) is 0. The molecule has 1 aromatic heterocycles. The van der Waals surface area contributed by atoms with Gasteiger partial charge in [0.1, 0.15) is 5.69 Å². The molecule has 0 amide bonds. The third-order valence-electron chi connectivity index (χ3n) is 1.80. The van der Waals surface area contributed by atoms with Gasteiger partial charge in [0.05, 0.1) is 11.0 Å². The van der Waals surface area contributed by atoms with Crippen LogP contribution in [0.2, 0.25) is 0 Å². The predicted octanol–water partition coefficient (Wildman–Crippen LogP) is 1.48. The van der Waals surface area contributed by atoms with Gasteiger partial charge < -0.3 is 5.73 Å². The molecule has 1 heterocycles. The first-order valence-electron chi connectivity index (χ1n) is 4.05. The Morgan fingerprint density at radius 2 is 2.43 bits per heavy atom. The Kier molecular flexibility index (Phi) is 2.93. The first kappa shape index (κ1) is 10.3. The maximum atomic E-state index is 10.7. The summed E-state index contributed by atoms with van der Waals surface area (Å²) < 4.78 is 0. The van der Waals surface area contributed by atoms with Crippen molar-refractivity contribution in [1.29, 1.82) is 0 Å². The highest BCUT2D eigenvalue weighted by atomic mass is 16.6. The van der Waals surface area contributed by atoms with Crippen LogP contribution in [0, 0.1) is 17.0 Å². The summed E-state index contributed by atoms with van der Waals surface area (Å²) in [5.41, 5.74) is 6.52. The number of aryl methyl sites for hydroxylation is 1. The van der Waals surface area contributed by atoms with Crippen LogP contribution >= 0.6 is 0 Å². The van der Waals surface area contributed by atoms with E-state index in [0.717, 1.165) is 5.56 Å². The van der Waals surface area contributed by atoms with Crippen molar-refractivity contribution in [1.82, 2.24) is 4.98 Å². The van der Waals surface area contributed by atoms with E-state index in [4.69, 9.17) is 5.73 Å². The Labute approximate surface area is 81.4 Å². The third kappa shape index (κ3) is 1.94. The van der Waals surface area contributed by atoms with Gasteiger partial charge in [-0.3, -0.25) is 15.1 Å². The minimum absolute atomic E-state index is 0.0580. The van der Waals surface area contributed by atoms with Gasteiger partial charge in [0.15, 0.2) is 0 Å². The molecule has 0 aromatic carbocycles. The lowest BCUT2D eigenvalue weighted by molar-refractivity contribution is -0.386. The van der Waals surface area contributed by atoms with E-state index in [-0.39, 0.29) is 11.4 Å². The average molecular weight is 193 g/mol. The van der Waals surface area contributed by atoms with Gasteiger partial charge in [-0.15, -0.1) is 6.58 Å². The standard InChI is InChI=1S/C9H11N3O2/c1-3-7(10)9-8(12(13)14)4-6(2)5-11-9/h3-5,7H,1,10H2,2H3/t7-/m0/s1. The highest BCUT2D eigenvalue weighted by Gasteiger charge is 2.18.